The Morgan fingerprint density at radius 1 is 1.27 bits per heavy atom. The third-order valence-electron chi connectivity index (χ3n) is 4.31. The van der Waals surface area contributed by atoms with Crippen LogP contribution in [0.2, 0.25) is 0 Å². The first kappa shape index (κ1) is 16.7. The molecule has 4 rings (SSSR count). The Morgan fingerprint density at radius 2 is 2.12 bits per heavy atom. The molecule has 0 spiro atoms. The summed E-state index contributed by atoms with van der Waals surface area (Å²) in [6.45, 7) is 3.36. The molecule has 3 aromatic heterocycles. The molecule has 26 heavy (non-hydrogen) atoms. The van der Waals surface area contributed by atoms with E-state index in [2.05, 4.69) is 20.2 Å². The van der Waals surface area contributed by atoms with Gasteiger partial charge in [0.2, 0.25) is 0 Å². The largest absolute Gasteiger partial charge is 0.322 e. The van der Waals surface area contributed by atoms with Crippen molar-refractivity contribution in [1.82, 2.24) is 24.2 Å². The van der Waals surface area contributed by atoms with Gasteiger partial charge in [0.1, 0.15) is 0 Å². The fourth-order valence-corrected chi connectivity index (χ4v) is 3.68. The molecule has 1 aliphatic heterocycles. The number of carbonyl (C=O) groups excluding carboxylic acids is 1. The molecule has 4 heterocycles. The molecule has 0 atom stereocenters. The van der Waals surface area contributed by atoms with Crippen LogP contribution in [0, 0.1) is 0 Å². The topological polar surface area (TPSA) is 82.8 Å². The van der Waals surface area contributed by atoms with E-state index >= 15 is 0 Å². The number of nitrogens with one attached hydrogen (secondary N) is 1. The number of piperazine rings is 1. The van der Waals surface area contributed by atoms with Crippen molar-refractivity contribution < 1.29 is 4.79 Å². The first-order valence-corrected chi connectivity index (χ1v) is 9.21. The SMILES string of the molecule is O=C(Nc1cccnc1)N1CCN(Cc2cc(=O)n3ccsc3n2)CC1. The highest BCUT2D eigenvalue weighted by Gasteiger charge is 2.21. The fourth-order valence-electron chi connectivity index (χ4n) is 2.95. The molecule has 0 aliphatic carbocycles. The predicted molar refractivity (Wildman–Crippen MR) is 99.4 cm³/mol. The molecule has 1 fully saturated rings. The molecule has 8 nitrogen and oxygen atoms in total. The monoisotopic (exact) mass is 370 g/mol. The van der Waals surface area contributed by atoms with Crippen molar-refractivity contribution in [1.29, 1.82) is 0 Å². The molecule has 1 N–H and O–H groups in total. The van der Waals surface area contributed by atoms with Crippen molar-refractivity contribution in [3.63, 3.8) is 0 Å². The molecule has 0 aromatic carbocycles. The lowest BCUT2D eigenvalue weighted by Gasteiger charge is -2.34. The standard InChI is InChI=1S/C17H18N6O2S/c24-15-10-14(20-17-23(15)8-9-26-17)12-21-4-6-22(7-5-21)16(25)19-13-2-1-3-18-11-13/h1-3,8-11H,4-7,12H2,(H,19,25). The van der Waals surface area contributed by atoms with Gasteiger partial charge < -0.3 is 10.2 Å². The number of hydrogen-bond donors (Lipinski definition) is 1. The van der Waals surface area contributed by atoms with Gasteiger partial charge in [-0.25, -0.2) is 9.78 Å². The van der Waals surface area contributed by atoms with Crippen LogP contribution < -0.4 is 10.9 Å². The van der Waals surface area contributed by atoms with Crippen LogP contribution in [-0.4, -0.2) is 56.4 Å². The summed E-state index contributed by atoms with van der Waals surface area (Å²) >= 11 is 1.45. The summed E-state index contributed by atoms with van der Waals surface area (Å²) in [6, 6.07) is 5.06. The third kappa shape index (κ3) is 3.58. The van der Waals surface area contributed by atoms with Crippen molar-refractivity contribution in [2.24, 2.45) is 0 Å². The second-order valence-electron chi connectivity index (χ2n) is 6.08. The Bertz CT molecular complexity index is 962. The molecule has 3 aromatic rings. The van der Waals surface area contributed by atoms with Crippen LogP contribution in [0.3, 0.4) is 0 Å². The van der Waals surface area contributed by atoms with E-state index in [0.29, 0.717) is 30.3 Å². The zero-order valence-corrected chi connectivity index (χ0v) is 14.9. The second-order valence-corrected chi connectivity index (χ2v) is 6.95. The molecule has 0 radical (unpaired) electrons. The maximum absolute atomic E-state index is 12.3. The van der Waals surface area contributed by atoms with Crippen LogP contribution >= 0.6 is 11.3 Å². The lowest BCUT2D eigenvalue weighted by molar-refractivity contribution is 0.142. The van der Waals surface area contributed by atoms with Crippen molar-refractivity contribution in [3.05, 3.63) is 58.2 Å². The number of anilines is 1. The summed E-state index contributed by atoms with van der Waals surface area (Å²) < 4.78 is 1.55. The van der Waals surface area contributed by atoms with Crippen LogP contribution in [0.4, 0.5) is 10.5 Å². The summed E-state index contributed by atoms with van der Waals surface area (Å²) in [5, 5.41) is 4.71. The summed E-state index contributed by atoms with van der Waals surface area (Å²) in [4.78, 5) is 37.6. The van der Waals surface area contributed by atoms with E-state index in [1.165, 1.54) is 11.3 Å². The van der Waals surface area contributed by atoms with Crippen LogP contribution in [0.15, 0.2) is 47.0 Å². The molecule has 1 aliphatic rings. The number of hydrogen-bond acceptors (Lipinski definition) is 6. The first-order valence-electron chi connectivity index (χ1n) is 8.33. The summed E-state index contributed by atoms with van der Waals surface area (Å²) in [5.41, 5.74) is 1.40. The van der Waals surface area contributed by atoms with Crippen molar-refractivity contribution in [2.45, 2.75) is 6.54 Å². The second kappa shape index (κ2) is 7.22. The number of aromatic nitrogens is 3. The smallest absolute Gasteiger partial charge is 0.321 e. The van der Waals surface area contributed by atoms with Gasteiger partial charge in [0.25, 0.3) is 5.56 Å². The summed E-state index contributed by atoms with van der Waals surface area (Å²) in [6.07, 6.45) is 5.03. The van der Waals surface area contributed by atoms with Gasteiger partial charge in [0.15, 0.2) is 4.96 Å². The minimum absolute atomic E-state index is 0.0549. The zero-order chi connectivity index (χ0) is 17.9. The van der Waals surface area contributed by atoms with Crippen LogP contribution in [0.1, 0.15) is 5.69 Å². The number of fused-ring (bicyclic) bond motifs is 1. The number of thiazole rings is 1. The highest BCUT2D eigenvalue weighted by molar-refractivity contribution is 7.15. The molecule has 0 bridgehead atoms. The van der Waals surface area contributed by atoms with Gasteiger partial charge in [-0.1, -0.05) is 0 Å². The number of rotatable bonds is 3. The number of carbonyl (C=O) groups is 1. The van der Waals surface area contributed by atoms with Gasteiger partial charge in [-0.15, -0.1) is 11.3 Å². The molecule has 0 saturated carbocycles. The van der Waals surface area contributed by atoms with Crippen LogP contribution in [0.25, 0.3) is 4.96 Å². The van der Waals surface area contributed by atoms with E-state index in [9.17, 15) is 9.59 Å². The highest BCUT2D eigenvalue weighted by Crippen LogP contribution is 2.11. The van der Waals surface area contributed by atoms with Crippen LogP contribution in [-0.2, 0) is 6.54 Å². The number of amides is 2. The maximum atomic E-state index is 12.3. The highest BCUT2D eigenvalue weighted by atomic mass is 32.1. The minimum Gasteiger partial charge on any atom is -0.322 e. The number of nitrogens with zero attached hydrogens (tertiary/aromatic N) is 5. The quantitative estimate of drug-likeness (QED) is 0.755. The Hall–Kier alpha value is -2.78. The Balaban J connectivity index is 1.34. The average molecular weight is 370 g/mol. The van der Waals surface area contributed by atoms with Gasteiger partial charge in [0, 0.05) is 56.6 Å². The van der Waals surface area contributed by atoms with Crippen molar-refractivity contribution in [3.8, 4) is 0 Å². The maximum Gasteiger partial charge on any atom is 0.321 e. The molecular weight excluding hydrogens is 352 g/mol. The molecule has 2 amide bonds. The van der Waals surface area contributed by atoms with Gasteiger partial charge in [-0.2, -0.15) is 0 Å². The summed E-state index contributed by atoms with van der Waals surface area (Å²) in [7, 11) is 0. The van der Waals surface area contributed by atoms with Gasteiger partial charge >= 0.3 is 6.03 Å². The van der Waals surface area contributed by atoms with E-state index in [1.54, 1.807) is 40.0 Å². The summed E-state index contributed by atoms with van der Waals surface area (Å²) in [5.74, 6) is 0. The molecule has 134 valence electrons. The lowest BCUT2D eigenvalue weighted by atomic mass is 10.3. The lowest BCUT2D eigenvalue weighted by Crippen LogP contribution is -2.49. The van der Waals surface area contributed by atoms with E-state index in [-0.39, 0.29) is 11.6 Å². The fraction of sp³-hybridized carbons (Fsp3) is 0.294. The minimum atomic E-state index is -0.117. The first-order chi connectivity index (χ1) is 12.7. The number of pyridine rings is 1. The van der Waals surface area contributed by atoms with E-state index in [1.807, 2.05) is 11.4 Å². The van der Waals surface area contributed by atoms with Crippen molar-refractivity contribution >= 4 is 28.0 Å². The molecule has 1 saturated heterocycles. The van der Waals surface area contributed by atoms with Gasteiger partial charge in [-0.05, 0) is 12.1 Å². The Kier molecular flexibility index (Phi) is 4.63. The van der Waals surface area contributed by atoms with E-state index in [0.717, 1.165) is 18.8 Å². The predicted octanol–water partition coefficient (Wildman–Crippen LogP) is 1.50. The van der Waals surface area contributed by atoms with Crippen molar-refractivity contribution in [2.75, 3.05) is 31.5 Å². The van der Waals surface area contributed by atoms with E-state index in [4.69, 9.17) is 0 Å². The third-order valence-corrected chi connectivity index (χ3v) is 5.07. The number of urea groups is 1. The van der Waals surface area contributed by atoms with Gasteiger partial charge in [-0.3, -0.25) is 19.1 Å². The molecule has 0 unspecified atom stereocenters. The Labute approximate surface area is 153 Å². The average Bonchev–Trinajstić information content (AvgIpc) is 3.12. The van der Waals surface area contributed by atoms with Crippen LogP contribution in [0.5, 0.6) is 0 Å². The van der Waals surface area contributed by atoms with Gasteiger partial charge in [0.05, 0.1) is 17.6 Å². The normalized spacial score (nSPS) is 15.3. The molecule has 9 heteroatoms. The molecular formula is C17H18N6O2S. The zero-order valence-electron chi connectivity index (χ0n) is 14.0. The van der Waals surface area contributed by atoms with E-state index < -0.39 is 0 Å². The Morgan fingerprint density at radius 3 is 2.88 bits per heavy atom.